The van der Waals surface area contributed by atoms with E-state index in [0.29, 0.717) is 0 Å². The average molecular weight is 236 g/mol. The number of ether oxygens (including phenoxy) is 1. The van der Waals surface area contributed by atoms with E-state index in [-0.39, 0.29) is 18.4 Å². The first-order valence-corrected chi connectivity index (χ1v) is 5.73. The Morgan fingerprint density at radius 1 is 1.59 bits per heavy atom. The molecule has 0 aromatic carbocycles. The number of nitrogens with one attached hydrogen (secondary N) is 1. The lowest BCUT2D eigenvalue weighted by Crippen LogP contribution is -2.45. The fourth-order valence-electron chi connectivity index (χ4n) is 1.92. The molecule has 1 aromatic heterocycles. The molecule has 4 nitrogen and oxygen atoms in total. The van der Waals surface area contributed by atoms with Crippen LogP contribution in [0.2, 0.25) is 0 Å². The summed E-state index contributed by atoms with van der Waals surface area (Å²) in [6, 6.07) is 4.10. The fourth-order valence-corrected chi connectivity index (χ4v) is 1.92. The molecule has 0 aliphatic carbocycles. The van der Waals surface area contributed by atoms with E-state index in [1.807, 2.05) is 32.9 Å². The van der Waals surface area contributed by atoms with Gasteiger partial charge in [-0.3, -0.25) is 9.78 Å². The maximum atomic E-state index is 11.5. The molecule has 1 N–H and O–H groups in total. The van der Waals surface area contributed by atoms with Gasteiger partial charge < -0.3 is 10.1 Å². The van der Waals surface area contributed by atoms with Crippen molar-refractivity contribution in [2.75, 3.05) is 7.11 Å². The van der Waals surface area contributed by atoms with Gasteiger partial charge in [-0.2, -0.15) is 0 Å². The molecule has 1 aromatic rings. The molecule has 0 aliphatic rings. The van der Waals surface area contributed by atoms with Crippen LogP contribution in [0.15, 0.2) is 24.5 Å². The smallest absolute Gasteiger partial charge is 0.307 e. The lowest BCUT2D eigenvalue weighted by Gasteiger charge is -2.32. The molecule has 0 bridgehead atoms. The van der Waals surface area contributed by atoms with Gasteiger partial charge >= 0.3 is 5.97 Å². The molecule has 0 saturated heterocycles. The predicted molar refractivity (Wildman–Crippen MR) is 66.5 cm³/mol. The largest absolute Gasteiger partial charge is 0.469 e. The molecule has 0 aliphatic heterocycles. The van der Waals surface area contributed by atoms with Crippen molar-refractivity contribution in [3.63, 3.8) is 0 Å². The molecule has 1 atom stereocenters. The Kier molecular flexibility index (Phi) is 4.63. The van der Waals surface area contributed by atoms with Crippen LogP contribution >= 0.6 is 0 Å². The van der Waals surface area contributed by atoms with Gasteiger partial charge in [0, 0.05) is 18.4 Å². The van der Waals surface area contributed by atoms with Crippen molar-refractivity contribution < 1.29 is 9.53 Å². The Morgan fingerprint density at radius 3 is 2.76 bits per heavy atom. The minimum Gasteiger partial charge on any atom is -0.469 e. The lowest BCUT2D eigenvalue weighted by molar-refractivity contribution is -0.142. The van der Waals surface area contributed by atoms with Crippen LogP contribution in [0.4, 0.5) is 0 Å². The second-order valence-electron chi connectivity index (χ2n) is 4.63. The third-order valence-corrected chi connectivity index (χ3v) is 2.63. The normalized spacial score (nSPS) is 14.4. The van der Waals surface area contributed by atoms with Crippen LogP contribution in [0.5, 0.6) is 0 Å². The number of carbonyl (C=O) groups is 1. The predicted octanol–water partition coefficient (Wildman–Crippen LogP) is 1.86. The van der Waals surface area contributed by atoms with E-state index in [0.717, 1.165) is 5.56 Å². The van der Waals surface area contributed by atoms with E-state index in [1.165, 1.54) is 7.11 Å². The van der Waals surface area contributed by atoms with Crippen LogP contribution in [-0.2, 0) is 15.1 Å². The van der Waals surface area contributed by atoms with Crippen LogP contribution in [-0.4, -0.2) is 24.1 Å². The molecular weight excluding hydrogens is 216 g/mol. The first-order chi connectivity index (χ1) is 7.98. The summed E-state index contributed by atoms with van der Waals surface area (Å²) in [6.07, 6.45) is 3.78. The minimum atomic E-state index is -0.449. The van der Waals surface area contributed by atoms with Gasteiger partial charge in [0.05, 0.1) is 19.1 Å². The average Bonchev–Trinajstić information content (AvgIpc) is 2.29. The second kappa shape index (κ2) is 5.77. The zero-order valence-electron chi connectivity index (χ0n) is 10.9. The monoisotopic (exact) mass is 236 g/mol. The summed E-state index contributed by atoms with van der Waals surface area (Å²) in [4.78, 5) is 15.6. The standard InChI is InChI=1S/C13H20N2O2/c1-10(2)15-13(3,8-12(16)17-4)11-6-5-7-14-9-11/h5-7,9-10,15H,8H2,1-4H3/t13-/m0/s1. The fraction of sp³-hybridized carbons (Fsp3) is 0.538. The van der Waals surface area contributed by atoms with Crippen molar-refractivity contribution in [1.82, 2.24) is 10.3 Å². The number of pyridine rings is 1. The zero-order valence-corrected chi connectivity index (χ0v) is 10.9. The molecule has 17 heavy (non-hydrogen) atoms. The van der Waals surface area contributed by atoms with Gasteiger partial charge in [0.15, 0.2) is 0 Å². The number of esters is 1. The van der Waals surface area contributed by atoms with E-state index in [1.54, 1.807) is 12.4 Å². The summed E-state index contributed by atoms with van der Waals surface area (Å²) in [6.45, 7) is 6.08. The highest BCUT2D eigenvalue weighted by molar-refractivity contribution is 5.71. The van der Waals surface area contributed by atoms with Gasteiger partial charge in [-0.15, -0.1) is 0 Å². The van der Waals surface area contributed by atoms with Gasteiger partial charge in [-0.05, 0) is 18.6 Å². The molecule has 4 heteroatoms. The Morgan fingerprint density at radius 2 is 2.29 bits per heavy atom. The molecule has 0 unspecified atom stereocenters. The Hall–Kier alpha value is -1.42. The van der Waals surface area contributed by atoms with E-state index in [2.05, 4.69) is 10.3 Å². The van der Waals surface area contributed by atoms with Crippen LogP contribution in [0, 0.1) is 0 Å². The number of nitrogens with zero attached hydrogens (tertiary/aromatic N) is 1. The maximum absolute atomic E-state index is 11.5. The Bertz CT molecular complexity index is 365. The van der Waals surface area contributed by atoms with Crippen LogP contribution in [0.1, 0.15) is 32.8 Å². The number of methoxy groups -OCH3 is 1. The van der Waals surface area contributed by atoms with Gasteiger partial charge in [0.2, 0.25) is 0 Å². The molecule has 94 valence electrons. The van der Waals surface area contributed by atoms with E-state index >= 15 is 0 Å². The Balaban J connectivity index is 2.97. The van der Waals surface area contributed by atoms with Crippen molar-refractivity contribution in [3.8, 4) is 0 Å². The molecule has 0 amide bonds. The van der Waals surface area contributed by atoms with Crippen molar-refractivity contribution >= 4 is 5.97 Å². The third-order valence-electron chi connectivity index (χ3n) is 2.63. The quantitative estimate of drug-likeness (QED) is 0.793. The van der Waals surface area contributed by atoms with Gasteiger partial charge in [0.25, 0.3) is 0 Å². The first kappa shape index (κ1) is 13.6. The number of carbonyl (C=O) groups excluding carboxylic acids is 1. The highest BCUT2D eigenvalue weighted by Gasteiger charge is 2.30. The lowest BCUT2D eigenvalue weighted by atomic mass is 9.89. The molecular formula is C13H20N2O2. The number of aromatic nitrogens is 1. The number of hydrogen-bond acceptors (Lipinski definition) is 4. The van der Waals surface area contributed by atoms with E-state index in [9.17, 15) is 4.79 Å². The summed E-state index contributed by atoms with van der Waals surface area (Å²) in [5, 5.41) is 3.40. The number of rotatable bonds is 5. The van der Waals surface area contributed by atoms with E-state index < -0.39 is 5.54 Å². The van der Waals surface area contributed by atoms with Crippen LogP contribution in [0.25, 0.3) is 0 Å². The molecule has 0 spiro atoms. The van der Waals surface area contributed by atoms with Crippen molar-refractivity contribution in [1.29, 1.82) is 0 Å². The second-order valence-corrected chi connectivity index (χ2v) is 4.63. The molecule has 0 saturated carbocycles. The molecule has 1 rings (SSSR count). The summed E-state index contributed by atoms with van der Waals surface area (Å²) < 4.78 is 4.75. The van der Waals surface area contributed by atoms with Crippen LogP contribution in [0.3, 0.4) is 0 Å². The topological polar surface area (TPSA) is 51.2 Å². The van der Waals surface area contributed by atoms with Gasteiger partial charge in [-0.1, -0.05) is 19.9 Å². The first-order valence-electron chi connectivity index (χ1n) is 5.73. The van der Waals surface area contributed by atoms with E-state index in [4.69, 9.17) is 4.74 Å². The third kappa shape index (κ3) is 3.82. The number of hydrogen-bond donors (Lipinski definition) is 1. The molecule has 1 heterocycles. The highest BCUT2D eigenvalue weighted by atomic mass is 16.5. The minimum absolute atomic E-state index is 0.232. The van der Waals surface area contributed by atoms with Gasteiger partial charge in [0.1, 0.15) is 0 Å². The summed E-state index contributed by atoms with van der Waals surface area (Å²) in [5.74, 6) is -0.232. The highest BCUT2D eigenvalue weighted by Crippen LogP contribution is 2.25. The van der Waals surface area contributed by atoms with Crippen molar-refractivity contribution in [2.24, 2.45) is 0 Å². The summed E-state index contributed by atoms with van der Waals surface area (Å²) in [7, 11) is 1.40. The maximum Gasteiger partial charge on any atom is 0.307 e. The molecule has 0 fully saturated rings. The van der Waals surface area contributed by atoms with Crippen LogP contribution < -0.4 is 5.32 Å². The summed E-state index contributed by atoms with van der Waals surface area (Å²) in [5.41, 5.74) is 0.536. The zero-order chi connectivity index (χ0) is 12.9. The summed E-state index contributed by atoms with van der Waals surface area (Å²) >= 11 is 0. The van der Waals surface area contributed by atoms with Crippen molar-refractivity contribution in [3.05, 3.63) is 30.1 Å². The van der Waals surface area contributed by atoms with Crippen molar-refractivity contribution in [2.45, 2.75) is 38.8 Å². The Labute approximate surface area is 102 Å². The van der Waals surface area contributed by atoms with Gasteiger partial charge in [-0.25, -0.2) is 0 Å². The molecule has 0 radical (unpaired) electrons. The SMILES string of the molecule is COC(=O)C[C@](C)(NC(C)C)c1cccnc1.